The highest BCUT2D eigenvalue weighted by atomic mass is 15.3. The first kappa shape index (κ1) is 13.2. The second-order valence-electron chi connectivity index (χ2n) is 5.65. The van der Waals surface area contributed by atoms with Crippen molar-refractivity contribution in [2.24, 2.45) is 0 Å². The summed E-state index contributed by atoms with van der Waals surface area (Å²) in [5.74, 6) is 0. The summed E-state index contributed by atoms with van der Waals surface area (Å²) in [4.78, 5) is 4.89. The first-order valence-corrected chi connectivity index (χ1v) is 7.31. The minimum absolute atomic E-state index is 0.361. The summed E-state index contributed by atoms with van der Waals surface area (Å²) >= 11 is 0. The molecule has 0 N–H and O–H groups in total. The van der Waals surface area contributed by atoms with Crippen molar-refractivity contribution in [2.45, 2.75) is 26.4 Å². The van der Waals surface area contributed by atoms with E-state index in [-0.39, 0.29) is 0 Å². The van der Waals surface area contributed by atoms with Crippen LogP contribution in [-0.2, 0) is 6.42 Å². The third-order valence-electron chi connectivity index (χ3n) is 4.37. The Hall–Kier alpha value is -1.80. The minimum atomic E-state index is 0.361. The van der Waals surface area contributed by atoms with Crippen LogP contribution in [0.4, 0.5) is 11.4 Å². The number of rotatable bonds is 1. The molecule has 0 radical (unpaired) electrons. The number of likely N-dealkylation sites (N-methyl/N-ethyl adjacent to an activating group) is 1. The number of benzene rings is 2. The summed E-state index contributed by atoms with van der Waals surface area (Å²) in [6.45, 7) is 5.57. The summed E-state index contributed by atoms with van der Waals surface area (Å²) in [6, 6.07) is 17.4. The lowest BCUT2D eigenvalue weighted by atomic mass is 10.1. The van der Waals surface area contributed by atoms with E-state index in [2.05, 4.69) is 79.2 Å². The lowest BCUT2D eigenvalue weighted by Crippen LogP contribution is -2.41. The van der Waals surface area contributed by atoms with E-state index in [1.54, 1.807) is 0 Å². The minimum Gasteiger partial charge on any atom is -0.325 e. The van der Waals surface area contributed by atoms with Crippen LogP contribution in [0.25, 0.3) is 0 Å². The molecule has 0 saturated heterocycles. The largest absolute Gasteiger partial charge is 0.325 e. The molecule has 0 fully saturated rings. The smallest absolute Gasteiger partial charge is 0.0839 e. The van der Waals surface area contributed by atoms with Crippen molar-refractivity contribution in [3.05, 3.63) is 59.7 Å². The maximum atomic E-state index is 2.47. The van der Waals surface area contributed by atoms with Gasteiger partial charge in [0.05, 0.1) is 6.17 Å². The molecule has 2 aromatic rings. The number of anilines is 2. The third kappa shape index (κ3) is 2.20. The number of hydrogen-bond donors (Lipinski definition) is 0. The van der Waals surface area contributed by atoms with Gasteiger partial charge in [-0.1, -0.05) is 36.4 Å². The van der Waals surface area contributed by atoms with Crippen molar-refractivity contribution >= 4 is 11.4 Å². The van der Waals surface area contributed by atoms with Crippen LogP contribution in [0.2, 0.25) is 0 Å². The quantitative estimate of drug-likeness (QED) is 0.770. The van der Waals surface area contributed by atoms with E-state index in [1.165, 1.54) is 22.5 Å². The fourth-order valence-corrected chi connectivity index (χ4v) is 3.00. The van der Waals surface area contributed by atoms with E-state index < -0.39 is 0 Å². The van der Waals surface area contributed by atoms with E-state index in [4.69, 9.17) is 0 Å². The highest BCUT2D eigenvalue weighted by Crippen LogP contribution is 2.35. The van der Waals surface area contributed by atoms with Crippen LogP contribution in [0.5, 0.6) is 0 Å². The van der Waals surface area contributed by atoms with E-state index >= 15 is 0 Å². The zero-order valence-corrected chi connectivity index (χ0v) is 12.5. The normalized spacial score (nSPS) is 19.6. The fraction of sp³-hybridized carbons (Fsp3) is 0.333. The van der Waals surface area contributed by atoms with Crippen LogP contribution in [0.1, 0.15) is 18.1 Å². The average Bonchev–Trinajstić information content (AvgIpc) is 2.59. The van der Waals surface area contributed by atoms with Crippen LogP contribution in [0.15, 0.2) is 48.5 Å². The van der Waals surface area contributed by atoms with Crippen molar-refractivity contribution in [3.63, 3.8) is 0 Å². The molecular weight excluding hydrogens is 244 g/mol. The second kappa shape index (κ2) is 5.29. The summed E-state index contributed by atoms with van der Waals surface area (Å²) < 4.78 is 0. The monoisotopic (exact) mass is 266 g/mol. The molecule has 2 heteroatoms. The first-order valence-electron chi connectivity index (χ1n) is 7.31. The van der Waals surface area contributed by atoms with Gasteiger partial charge in [0.1, 0.15) is 0 Å². The van der Waals surface area contributed by atoms with Crippen molar-refractivity contribution in [3.8, 4) is 0 Å². The number of aryl methyl sites for hydroxylation is 1. The molecule has 0 aliphatic carbocycles. The number of nitrogens with zero attached hydrogens (tertiary/aromatic N) is 2. The third-order valence-corrected chi connectivity index (χ3v) is 4.37. The SMILES string of the molecule is Cc1ccccc1N1c2ccccc2CCN(C)C1C. The molecule has 1 aliphatic rings. The van der Waals surface area contributed by atoms with Gasteiger partial charge >= 0.3 is 0 Å². The molecular formula is C18H22N2. The zero-order valence-electron chi connectivity index (χ0n) is 12.5. The molecule has 1 atom stereocenters. The van der Waals surface area contributed by atoms with Gasteiger partial charge in [-0.3, -0.25) is 4.90 Å². The second-order valence-corrected chi connectivity index (χ2v) is 5.65. The van der Waals surface area contributed by atoms with Crippen LogP contribution in [-0.4, -0.2) is 24.7 Å². The molecule has 3 rings (SSSR count). The Morgan fingerprint density at radius 1 is 0.950 bits per heavy atom. The molecule has 1 aliphatic heterocycles. The summed E-state index contributed by atoms with van der Waals surface area (Å²) in [6.07, 6.45) is 1.47. The maximum Gasteiger partial charge on any atom is 0.0839 e. The van der Waals surface area contributed by atoms with E-state index in [0.29, 0.717) is 6.17 Å². The van der Waals surface area contributed by atoms with E-state index in [9.17, 15) is 0 Å². The molecule has 1 heterocycles. The average molecular weight is 266 g/mol. The van der Waals surface area contributed by atoms with Crippen molar-refractivity contribution < 1.29 is 0 Å². The Kier molecular flexibility index (Phi) is 3.49. The molecule has 0 aromatic heterocycles. The molecule has 0 bridgehead atoms. The number of fused-ring (bicyclic) bond motifs is 1. The Labute approximate surface area is 121 Å². The lowest BCUT2D eigenvalue weighted by molar-refractivity contribution is 0.271. The van der Waals surface area contributed by atoms with Gasteiger partial charge in [-0.2, -0.15) is 0 Å². The van der Waals surface area contributed by atoms with E-state index in [0.717, 1.165) is 13.0 Å². The standard InChI is InChI=1S/C18H22N2/c1-14-8-4-6-10-17(14)20-15(2)19(3)13-12-16-9-5-7-11-18(16)20/h4-11,15H,12-13H2,1-3H3. The van der Waals surface area contributed by atoms with Gasteiger partial charge in [-0.15, -0.1) is 0 Å². The van der Waals surface area contributed by atoms with Gasteiger partial charge < -0.3 is 4.90 Å². The first-order chi connectivity index (χ1) is 9.68. The van der Waals surface area contributed by atoms with Crippen LogP contribution in [0.3, 0.4) is 0 Å². The van der Waals surface area contributed by atoms with Gasteiger partial charge in [0.2, 0.25) is 0 Å². The van der Waals surface area contributed by atoms with Gasteiger partial charge in [-0.05, 0) is 50.6 Å². The Bertz CT molecular complexity index is 606. The Morgan fingerprint density at radius 2 is 1.60 bits per heavy atom. The highest BCUT2D eigenvalue weighted by molar-refractivity contribution is 5.70. The molecule has 2 nitrogen and oxygen atoms in total. The maximum absolute atomic E-state index is 2.47. The number of hydrogen-bond acceptors (Lipinski definition) is 2. The molecule has 0 saturated carbocycles. The molecule has 0 amide bonds. The zero-order chi connectivity index (χ0) is 14.1. The van der Waals surface area contributed by atoms with Crippen LogP contribution < -0.4 is 4.90 Å². The van der Waals surface area contributed by atoms with Gasteiger partial charge in [0, 0.05) is 17.9 Å². The summed E-state index contributed by atoms with van der Waals surface area (Å²) in [5, 5.41) is 0. The van der Waals surface area contributed by atoms with E-state index in [1.807, 2.05) is 0 Å². The van der Waals surface area contributed by atoms with Crippen molar-refractivity contribution in [1.29, 1.82) is 0 Å². The van der Waals surface area contributed by atoms with Gasteiger partial charge in [0.25, 0.3) is 0 Å². The van der Waals surface area contributed by atoms with Crippen LogP contribution in [0, 0.1) is 6.92 Å². The fourth-order valence-electron chi connectivity index (χ4n) is 3.00. The summed E-state index contributed by atoms with van der Waals surface area (Å²) in [5.41, 5.74) is 5.41. The molecule has 20 heavy (non-hydrogen) atoms. The Morgan fingerprint density at radius 3 is 2.35 bits per heavy atom. The van der Waals surface area contributed by atoms with Crippen molar-refractivity contribution in [2.75, 3.05) is 18.5 Å². The van der Waals surface area contributed by atoms with Crippen molar-refractivity contribution in [1.82, 2.24) is 4.90 Å². The van der Waals surface area contributed by atoms with Gasteiger partial charge in [0.15, 0.2) is 0 Å². The molecule has 1 unspecified atom stereocenters. The predicted molar refractivity (Wildman–Crippen MR) is 85.6 cm³/mol. The Balaban J connectivity index is 2.17. The molecule has 104 valence electrons. The topological polar surface area (TPSA) is 6.48 Å². The predicted octanol–water partition coefficient (Wildman–Crippen LogP) is 3.97. The number of para-hydroxylation sites is 2. The van der Waals surface area contributed by atoms with Gasteiger partial charge in [-0.25, -0.2) is 0 Å². The lowest BCUT2D eigenvalue weighted by Gasteiger charge is -2.36. The summed E-state index contributed by atoms with van der Waals surface area (Å²) in [7, 11) is 2.21. The van der Waals surface area contributed by atoms with Crippen LogP contribution >= 0.6 is 0 Å². The molecule has 2 aromatic carbocycles. The molecule has 0 spiro atoms. The highest BCUT2D eigenvalue weighted by Gasteiger charge is 2.26.